The van der Waals surface area contributed by atoms with Crippen LogP contribution in [0.4, 0.5) is 8.78 Å². The Morgan fingerprint density at radius 3 is 2.72 bits per heavy atom. The number of ether oxygens (including phenoxy) is 1. The molecule has 1 amide bonds. The number of nitrogens with zero attached hydrogens (tertiary/aromatic N) is 2. The molecule has 1 fully saturated rings. The number of sulfonamides is 1. The van der Waals surface area contributed by atoms with Crippen LogP contribution in [-0.2, 0) is 21.4 Å². The van der Waals surface area contributed by atoms with Gasteiger partial charge in [-0.2, -0.15) is 4.31 Å². The van der Waals surface area contributed by atoms with Crippen LogP contribution in [0.3, 0.4) is 0 Å². The van der Waals surface area contributed by atoms with E-state index in [1.165, 1.54) is 31.5 Å². The fraction of sp³-hybridized carbons (Fsp3) is 0.412. The molecule has 0 aliphatic carbocycles. The van der Waals surface area contributed by atoms with E-state index in [1.54, 1.807) is 6.07 Å². The van der Waals surface area contributed by atoms with Crippen LogP contribution in [0.1, 0.15) is 18.4 Å². The largest absolute Gasteiger partial charge is 0.481 e. The van der Waals surface area contributed by atoms with Crippen molar-refractivity contribution in [1.82, 2.24) is 14.6 Å². The second kappa shape index (κ2) is 8.50. The van der Waals surface area contributed by atoms with Crippen molar-refractivity contribution in [2.75, 3.05) is 13.7 Å². The van der Waals surface area contributed by atoms with Gasteiger partial charge in [-0.3, -0.25) is 4.79 Å². The van der Waals surface area contributed by atoms with E-state index >= 15 is 0 Å². The SMILES string of the molecule is COc1ccc(CN([C@@H]2CC(F)(F)CCNC2=O)S(=O)(=O)c2ccc(Cl)s2)cn1. The third-order valence-electron chi connectivity index (χ3n) is 4.39. The van der Waals surface area contributed by atoms with Crippen LogP contribution in [-0.4, -0.2) is 49.2 Å². The molecule has 1 saturated heterocycles. The van der Waals surface area contributed by atoms with Gasteiger partial charge in [0.05, 0.1) is 11.4 Å². The van der Waals surface area contributed by atoms with Crippen molar-refractivity contribution in [2.45, 2.75) is 35.6 Å². The first kappa shape index (κ1) is 21.9. The Labute approximate surface area is 175 Å². The van der Waals surface area contributed by atoms with Crippen molar-refractivity contribution >= 4 is 38.9 Å². The quantitative estimate of drug-likeness (QED) is 0.708. The second-order valence-corrected chi connectivity index (χ2v) is 10.3. The van der Waals surface area contributed by atoms with Crippen LogP contribution in [0, 0.1) is 0 Å². The van der Waals surface area contributed by atoms with Crippen LogP contribution in [0.15, 0.2) is 34.7 Å². The Hall–Kier alpha value is -1.82. The van der Waals surface area contributed by atoms with Crippen molar-refractivity contribution in [3.05, 3.63) is 40.4 Å². The molecular formula is C17H18ClF2N3O4S2. The first-order valence-corrected chi connectivity index (χ1v) is 11.2. The fourth-order valence-electron chi connectivity index (χ4n) is 2.92. The summed E-state index contributed by atoms with van der Waals surface area (Å²) in [5.74, 6) is -3.65. The first-order chi connectivity index (χ1) is 13.6. The molecule has 0 saturated carbocycles. The van der Waals surface area contributed by atoms with E-state index in [2.05, 4.69) is 10.3 Å². The molecule has 0 radical (unpaired) electrons. The Morgan fingerprint density at radius 2 is 2.14 bits per heavy atom. The molecule has 12 heteroatoms. The standard InChI is InChI=1S/C17H18ClF2N3O4S2/c1-27-14-4-2-11(9-22-14)10-23(29(25,26)15-5-3-13(18)28-15)12-8-17(19,20)6-7-21-16(12)24/h2-5,9,12H,6-8,10H2,1H3,(H,21,24)/t12-/m1/s1. The Morgan fingerprint density at radius 1 is 1.38 bits per heavy atom. The zero-order valence-corrected chi connectivity index (χ0v) is 17.7. The van der Waals surface area contributed by atoms with Gasteiger partial charge in [0.1, 0.15) is 10.3 Å². The third kappa shape index (κ3) is 5.03. The number of thiophene rings is 1. The lowest BCUT2D eigenvalue weighted by atomic mass is 10.1. The minimum atomic E-state index is -4.28. The summed E-state index contributed by atoms with van der Waals surface area (Å²) in [5.41, 5.74) is 0.414. The number of halogens is 3. The maximum atomic E-state index is 14.2. The van der Waals surface area contributed by atoms with Crippen LogP contribution < -0.4 is 10.1 Å². The lowest BCUT2D eigenvalue weighted by molar-refractivity contribution is -0.126. The Balaban J connectivity index is 2.03. The number of pyridine rings is 1. The van der Waals surface area contributed by atoms with Gasteiger partial charge in [-0.1, -0.05) is 17.7 Å². The number of rotatable bonds is 6. The zero-order chi connectivity index (χ0) is 21.2. The summed E-state index contributed by atoms with van der Waals surface area (Å²) in [7, 11) is -2.85. The smallest absolute Gasteiger partial charge is 0.253 e. The van der Waals surface area contributed by atoms with E-state index in [9.17, 15) is 22.0 Å². The average Bonchev–Trinajstić information content (AvgIpc) is 3.06. The molecule has 3 heterocycles. The number of amides is 1. The van der Waals surface area contributed by atoms with Crippen LogP contribution >= 0.6 is 22.9 Å². The van der Waals surface area contributed by atoms with Gasteiger partial charge >= 0.3 is 0 Å². The van der Waals surface area contributed by atoms with Crippen LogP contribution in [0.2, 0.25) is 4.34 Å². The van der Waals surface area contributed by atoms with Gasteiger partial charge in [-0.15, -0.1) is 11.3 Å². The fourth-order valence-corrected chi connectivity index (χ4v) is 6.10. The number of methoxy groups -OCH3 is 1. The highest BCUT2D eigenvalue weighted by Crippen LogP contribution is 2.34. The first-order valence-electron chi connectivity index (χ1n) is 8.54. The van der Waals surface area contributed by atoms with Crippen LogP contribution in [0.25, 0.3) is 0 Å². The molecule has 0 unspecified atom stereocenters. The number of carbonyl (C=O) groups is 1. The monoisotopic (exact) mass is 465 g/mol. The van der Waals surface area contributed by atoms with Gasteiger partial charge in [0.25, 0.3) is 15.9 Å². The van der Waals surface area contributed by atoms with Gasteiger partial charge in [-0.25, -0.2) is 22.2 Å². The molecule has 1 atom stereocenters. The highest BCUT2D eigenvalue weighted by atomic mass is 35.5. The Kier molecular flexibility index (Phi) is 6.42. The number of hydrogen-bond donors (Lipinski definition) is 1. The summed E-state index contributed by atoms with van der Waals surface area (Å²) >= 11 is 6.65. The number of alkyl halides is 2. The normalized spacial score (nSPS) is 19.6. The predicted octanol–water partition coefficient (Wildman–Crippen LogP) is 2.91. The second-order valence-electron chi connectivity index (χ2n) is 6.43. The molecule has 0 aromatic carbocycles. The van der Waals surface area contributed by atoms with Crippen molar-refractivity contribution in [1.29, 1.82) is 0 Å². The number of carbonyl (C=O) groups excluding carboxylic acids is 1. The van der Waals surface area contributed by atoms with Gasteiger partial charge in [-0.05, 0) is 17.7 Å². The molecule has 2 aromatic rings. The summed E-state index contributed by atoms with van der Waals surface area (Å²) in [6.07, 6.45) is -0.103. The molecular weight excluding hydrogens is 448 g/mol. The maximum absolute atomic E-state index is 14.2. The zero-order valence-electron chi connectivity index (χ0n) is 15.3. The Bertz CT molecular complexity index is 983. The highest BCUT2D eigenvalue weighted by molar-refractivity contribution is 7.91. The number of aromatic nitrogens is 1. The molecule has 3 rings (SSSR count). The van der Waals surface area contributed by atoms with Crippen LogP contribution in [0.5, 0.6) is 5.88 Å². The lowest BCUT2D eigenvalue weighted by Gasteiger charge is -2.30. The molecule has 1 aliphatic rings. The average molecular weight is 466 g/mol. The molecule has 0 spiro atoms. The lowest BCUT2D eigenvalue weighted by Crippen LogP contribution is -2.49. The van der Waals surface area contributed by atoms with E-state index in [4.69, 9.17) is 16.3 Å². The van der Waals surface area contributed by atoms with Gasteiger partial charge in [0.2, 0.25) is 11.8 Å². The topological polar surface area (TPSA) is 88.6 Å². The van der Waals surface area contributed by atoms with Crippen molar-refractivity contribution in [3.63, 3.8) is 0 Å². The third-order valence-corrected chi connectivity index (χ3v) is 7.94. The van der Waals surface area contributed by atoms with E-state index in [0.717, 1.165) is 15.6 Å². The maximum Gasteiger partial charge on any atom is 0.253 e. The van der Waals surface area contributed by atoms with E-state index in [0.29, 0.717) is 11.4 Å². The van der Waals surface area contributed by atoms with Gasteiger partial charge < -0.3 is 10.1 Å². The summed E-state index contributed by atoms with van der Waals surface area (Å²) in [6, 6.07) is 4.18. The molecule has 2 aromatic heterocycles. The number of hydrogen-bond acceptors (Lipinski definition) is 6. The minimum absolute atomic E-state index is 0.135. The molecule has 158 valence electrons. The molecule has 1 aliphatic heterocycles. The molecule has 0 bridgehead atoms. The predicted molar refractivity (Wildman–Crippen MR) is 104 cm³/mol. The van der Waals surface area contributed by atoms with E-state index in [-0.39, 0.29) is 21.6 Å². The molecule has 1 N–H and O–H groups in total. The summed E-state index contributed by atoms with van der Waals surface area (Å²) < 4.78 is 60.8. The van der Waals surface area contributed by atoms with Crippen molar-refractivity contribution in [2.24, 2.45) is 0 Å². The summed E-state index contributed by atoms with van der Waals surface area (Å²) in [5, 5.41) is 2.38. The van der Waals surface area contributed by atoms with E-state index < -0.39 is 40.7 Å². The van der Waals surface area contributed by atoms with Crippen molar-refractivity contribution < 1.29 is 26.7 Å². The highest BCUT2D eigenvalue weighted by Gasteiger charge is 2.45. The van der Waals surface area contributed by atoms with E-state index in [1.807, 2.05) is 0 Å². The van der Waals surface area contributed by atoms with Gasteiger partial charge in [0.15, 0.2) is 0 Å². The van der Waals surface area contributed by atoms with Crippen molar-refractivity contribution in [3.8, 4) is 5.88 Å². The minimum Gasteiger partial charge on any atom is -0.481 e. The molecule has 7 nitrogen and oxygen atoms in total. The summed E-state index contributed by atoms with van der Waals surface area (Å²) in [4.78, 5) is 16.5. The summed E-state index contributed by atoms with van der Waals surface area (Å²) in [6.45, 7) is -0.547. The van der Waals surface area contributed by atoms with Gasteiger partial charge in [0, 0.05) is 38.2 Å². The number of nitrogens with one attached hydrogen (secondary N) is 1. The molecule has 29 heavy (non-hydrogen) atoms.